The van der Waals surface area contributed by atoms with Crippen molar-refractivity contribution in [2.75, 3.05) is 32.7 Å². The van der Waals surface area contributed by atoms with E-state index in [0.29, 0.717) is 39.1 Å². The van der Waals surface area contributed by atoms with Crippen LogP contribution >= 0.6 is 0 Å². The molecule has 4 aliphatic rings. The van der Waals surface area contributed by atoms with Crippen LogP contribution in [-0.2, 0) is 33.3 Å². The highest BCUT2D eigenvalue weighted by Gasteiger charge is 2.52. The lowest BCUT2D eigenvalue weighted by Crippen LogP contribution is -2.66. The van der Waals surface area contributed by atoms with Gasteiger partial charge in [-0.05, 0) is 52.5 Å². The average molecular weight is 1110 g/mol. The van der Waals surface area contributed by atoms with Crippen LogP contribution in [-0.4, -0.2) is 214 Å². The first-order valence-corrected chi connectivity index (χ1v) is 27.7. The van der Waals surface area contributed by atoms with Crippen LogP contribution in [0, 0.1) is 17.8 Å². The van der Waals surface area contributed by atoms with E-state index in [2.05, 4.69) is 0 Å². The average Bonchev–Trinajstić information content (AvgIpc) is 3.38. The quantitative estimate of drug-likeness (QED) is 0.115. The zero-order valence-corrected chi connectivity index (χ0v) is 45.7. The number of piperazine rings is 1. The molecule has 442 valence electrons. The normalized spacial score (nSPS) is 41.3. The van der Waals surface area contributed by atoms with Crippen molar-refractivity contribution in [1.29, 1.82) is 0 Å². The fourth-order valence-electron chi connectivity index (χ4n) is 10.4. The molecule has 21 nitrogen and oxygen atoms in total. The summed E-state index contributed by atoms with van der Waals surface area (Å²) < 4.78 is 24.0. The van der Waals surface area contributed by atoms with E-state index in [1.165, 1.54) is 0 Å². The fraction of sp³-hybridized carbons (Fsp3) is 0.702. The summed E-state index contributed by atoms with van der Waals surface area (Å²) in [7, 11) is 0. The molecule has 0 aromatic heterocycles. The summed E-state index contributed by atoms with van der Waals surface area (Å²) in [6, 6.07) is -0.887. The molecule has 1 unspecified atom stereocenters. The Hall–Kier alpha value is -4.01. The monoisotopic (exact) mass is 1110 g/mol. The third-order valence-electron chi connectivity index (χ3n) is 15.1. The van der Waals surface area contributed by atoms with Gasteiger partial charge in [0.15, 0.2) is 12.1 Å². The first kappa shape index (κ1) is 66.5. The van der Waals surface area contributed by atoms with Gasteiger partial charge < -0.3 is 85.8 Å². The standard InChI is InChI=1S/C57H91N3O18/c1-36-20-16-13-11-9-7-5-6-8-10-12-14-17-21-43(77-56-54(71)51(53(70)39(4)76-56)60-28-26-59(27-29-60)48(67)22-18-15-19-25-58)33-47-50(55(72)73)46(66)35-57(74,78-47)34-42(63)31-45(65)44(64)24-23-40(61)30-41(62)32-49(68)75-38(3)37(2)52(36)69/h5-14,16-17,20-21,36-47,50-54,56,61-66,69-71,74H,15,18-19,22-35,58H2,1-4H3,(H,72,73)/b6-5+,9-7+,10-8+,13-11+,14-12+,20-16+,21-17+/t36-,37-,38-,39+,40+,41+,42-,43-,44+,45+,46-,47?,50+,51-,52+,53+,54-,56-,57+/m0/s1. The lowest BCUT2D eigenvalue weighted by molar-refractivity contribution is -0.312. The highest BCUT2D eigenvalue weighted by atomic mass is 16.7. The number of cyclic esters (lactones) is 1. The van der Waals surface area contributed by atoms with E-state index in [1.54, 1.807) is 86.4 Å². The van der Waals surface area contributed by atoms with Gasteiger partial charge in [0.1, 0.15) is 18.1 Å². The van der Waals surface area contributed by atoms with Crippen LogP contribution < -0.4 is 5.73 Å². The van der Waals surface area contributed by atoms with Crippen LogP contribution in [0.3, 0.4) is 0 Å². The van der Waals surface area contributed by atoms with Crippen LogP contribution in [0.1, 0.15) is 105 Å². The van der Waals surface area contributed by atoms with E-state index < -0.39 is 147 Å². The number of aliphatic hydroxyl groups excluding tert-OH is 9. The van der Waals surface area contributed by atoms with Crippen molar-refractivity contribution < 1.29 is 89.5 Å². The van der Waals surface area contributed by atoms with Crippen LogP contribution in [0.15, 0.2) is 85.1 Å². The predicted molar refractivity (Wildman–Crippen MR) is 288 cm³/mol. The number of allylic oxidation sites excluding steroid dienone is 12. The molecule has 3 saturated heterocycles. The molecule has 0 radical (unpaired) electrons. The third kappa shape index (κ3) is 21.8. The largest absolute Gasteiger partial charge is 0.481 e. The highest BCUT2D eigenvalue weighted by Crippen LogP contribution is 2.38. The van der Waals surface area contributed by atoms with E-state index in [9.17, 15) is 70.6 Å². The van der Waals surface area contributed by atoms with E-state index in [-0.39, 0.29) is 37.5 Å². The molecule has 3 fully saturated rings. The molecule has 0 spiro atoms. The predicted octanol–water partition coefficient (Wildman–Crippen LogP) is 1.42. The SMILES string of the molecule is C[C@@H]1[C@H](O)[C@@H](C)/C=C/C=C/C=C/C=C/C=C/C=C/C=C/[C@H](O[C@@H]2O[C@H](C)[C@@H](O)[C@H](N3CCN(C(=O)CCCCCN)CC3)[C@@H]2O)CC2O[C@](O)(C[C@@H](O)C[C@@H](O)[C@H](O)CC[C@@H](O)C[C@@H](O)CC(=O)O[C@H]1C)C[C@H](O)[C@H]2C(=O)O. The van der Waals surface area contributed by atoms with Gasteiger partial charge in [-0.25, -0.2) is 0 Å². The van der Waals surface area contributed by atoms with E-state index in [4.69, 9.17) is 24.7 Å². The van der Waals surface area contributed by atoms with Crippen molar-refractivity contribution in [3.63, 3.8) is 0 Å². The molecular weight excluding hydrogens is 1010 g/mol. The zero-order chi connectivity index (χ0) is 57.5. The Labute approximate surface area is 459 Å². The zero-order valence-electron chi connectivity index (χ0n) is 45.7. The van der Waals surface area contributed by atoms with Gasteiger partial charge in [0, 0.05) is 70.1 Å². The smallest absolute Gasteiger partial charge is 0.311 e. The molecule has 4 aliphatic heterocycles. The van der Waals surface area contributed by atoms with Gasteiger partial charge in [-0.2, -0.15) is 0 Å². The number of carbonyl (C=O) groups is 3. The topological polar surface area (TPSA) is 343 Å². The first-order valence-electron chi connectivity index (χ1n) is 27.7. The van der Waals surface area contributed by atoms with Gasteiger partial charge in [-0.3, -0.25) is 19.3 Å². The summed E-state index contributed by atoms with van der Waals surface area (Å²) in [5.41, 5.74) is 5.60. The molecule has 4 heterocycles. The van der Waals surface area contributed by atoms with E-state index >= 15 is 0 Å². The number of hydrogen-bond donors (Lipinski definition) is 12. The van der Waals surface area contributed by atoms with Crippen molar-refractivity contribution in [2.45, 2.75) is 202 Å². The fourth-order valence-corrected chi connectivity index (χ4v) is 10.4. The van der Waals surface area contributed by atoms with Gasteiger partial charge in [-0.15, -0.1) is 0 Å². The summed E-state index contributed by atoms with van der Waals surface area (Å²) in [5, 5.41) is 122. The Morgan fingerprint density at radius 1 is 0.667 bits per heavy atom. The van der Waals surface area contributed by atoms with Gasteiger partial charge >= 0.3 is 11.9 Å². The minimum Gasteiger partial charge on any atom is -0.481 e. The second-order valence-corrected chi connectivity index (χ2v) is 21.5. The number of aliphatic carboxylic acids is 1. The Morgan fingerprint density at radius 2 is 1.27 bits per heavy atom. The van der Waals surface area contributed by atoms with Gasteiger partial charge in [0.2, 0.25) is 5.91 Å². The second-order valence-electron chi connectivity index (χ2n) is 21.5. The second kappa shape index (κ2) is 33.7. The van der Waals surface area contributed by atoms with Crippen LogP contribution in [0.5, 0.6) is 0 Å². The summed E-state index contributed by atoms with van der Waals surface area (Å²) >= 11 is 0. The lowest BCUT2D eigenvalue weighted by Gasteiger charge is -2.49. The number of rotatable bonds is 9. The summed E-state index contributed by atoms with van der Waals surface area (Å²) in [6.45, 7) is 8.85. The number of ether oxygens (including phenoxy) is 4. The molecule has 0 aromatic carbocycles. The molecule has 2 bridgehead atoms. The van der Waals surface area contributed by atoms with Crippen molar-refractivity contribution >= 4 is 17.8 Å². The van der Waals surface area contributed by atoms with Crippen molar-refractivity contribution in [3.05, 3.63) is 85.1 Å². The van der Waals surface area contributed by atoms with Crippen molar-refractivity contribution in [3.8, 4) is 0 Å². The Morgan fingerprint density at radius 3 is 1.87 bits per heavy atom. The number of nitrogens with zero attached hydrogens (tertiary/aromatic N) is 2. The number of carboxylic acids is 1. The number of hydrogen-bond acceptors (Lipinski definition) is 19. The Balaban J connectivity index is 1.57. The number of aliphatic hydroxyl groups is 10. The van der Waals surface area contributed by atoms with Gasteiger partial charge in [0.25, 0.3) is 0 Å². The molecule has 0 aromatic rings. The highest BCUT2D eigenvalue weighted by molar-refractivity contribution is 5.76. The van der Waals surface area contributed by atoms with Gasteiger partial charge in [-0.1, -0.05) is 105 Å². The van der Waals surface area contributed by atoms with Crippen molar-refractivity contribution in [1.82, 2.24) is 9.80 Å². The number of carboxylic acid groups (broad SMARTS) is 1. The number of nitrogens with two attached hydrogens (primary N) is 1. The maximum atomic E-state index is 13.0. The van der Waals surface area contributed by atoms with Crippen LogP contribution in [0.4, 0.5) is 0 Å². The van der Waals surface area contributed by atoms with E-state index in [0.717, 1.165) is 19.3 Å². The third-order valence-corrected chi connectivity index (χ3v) is 15.1. The molecule has 1 amide bonds. The lowest BCUT2D eigenvalue weighted by atomic mass is 9.82. The molecule has 78 heavy (non-hydrogen) atoms. The maximum Gasteiger partial charge on any atom is 0.311 e. The Kier molecular flexibility index (Phi) is 28.7. The molecule has 0 saturated carbocycles. The Bertz CT molecular complexity index is 2030. The minimum absolute atomic E-state index is 0.0195. The van der Waals surface area contributed by atoms with Gasteiger partial charge in [0.05, 0.1) is 79.6 Å². The maximum absolute atomic E-state index is 13.0. The number of carbonyl (C=O) groups excluding carboxylic acids is 2. The summed E-state index contributed by atoms with van der Waals surface area (Å²) in [5.74, 6) is -6.89. The van der Waals surface area contributed by atoms with Crippen molar-refractivity contribution in [2.24, 2.45) is 23.5 Å². The van der Waals surface area contributed by atoms with E-state index in [1.807, 2.05) is 36.1 Å². The first-order chi connectivity index (χ1) is 37.0. The number of amides is 1. The molecule has 0 aliphatic carbocycles. The minimum atomic E-state index is -2.36. The number of esters is 1. The molecule has 21 heteroatoms. The van der Waals surface area contributed by atoms with Crippen LogP contribution in [0.2, 0.25) is 0 Å². The summed E-state index contributed by atoms with van der Waals surface area (Å²) in [6.07, 6.45) is 6.27. The molecule has 19 atom stereocenters. The molecular formula is C57H91N3O18. The number of unbranched alkanes of at least 4 members (excludes halogenated alkanes) is 2. The molecule has 13 N–H and O–H groups in total. The number of fused-ring (bicyclic) bond motifs is 2. The summed E-state index contributed by atoms with van der Waals surface area (Å²) in [4.78, 5) is 42.1. The molecule has 4 rings (SSSR count). The van der Waals surface area contributed by atoms with Crippen LogP contribution in [0.25, 0.3) is 0 Å².